The van der Waals surface area contributed by atoms with Gasteiger partial charge in [0.1, 0.15) is 25.4 Å². The fourth-order valence-corrected chi connectivity index (χ4v) is 22.6. The lowest BCUT2D eigenvalue weighted by molar-refractivity contribution is -0.432. The lowest BCUT2D eigenvalue weighted by Gasteiger charge is -2.39. The number of nitrogens with one attached hydrogen (secondary N) is 9. The summed E-state index contributed by atoms with van der Waals surface area (Å²) in [5.74, 6) is -1.16. The molecule has 6 heterocycles. The summed E-state index contributed by atoms with van der Waals surface area (Å²) in [5, 5.41) is 58.9. The number of amidine groups is 2. The Morgan fingerprint density at radius 2 is 0.985 bits per heavy atom. The van der Waals surface area contributed by atoms with Gasteiger partial charge in [-0.3, -0.25) is 33.1 Å². The number of rotatable bonds is 30. The smallest absolute Gasteiger partial charge is 0.296 e. The molecular weight excluding hydrogens is 1840 g/mol. The molecule has 12 aromatic rings. The molecule has 133 heavy (non-hydrogen) atoms. The van der Waals surface area contributed by atoms with Crippen molar-refractivity contribution in [2.24, 2.45) is 43.6 Å². The topological polar surface area (TPSA) is 625 Å². The number of nitriles is 1. The van der Waals surface area contributed by atoms with Crippen LogP contribution in [0.3, 0.4) is 0 Å². The summed E-state index contributed by atoms with van der Waals surface area (Å²) in [4.78, 5) is 83.0. The van der Waals surface area contributed by atoms with Gasteiger partial charge in [0.15, 0.2) is 29.1 Å². The van der Waals surface area contributed by atoms with Crippen molar-refractivity contribution in [3.05, 3.63) is 179 Å². The Balaban J connectivity index is 0.564. The molecule has 6 unspecified atom stereocenters. The highest BCUT2D eigenvalue weighted by atomic mass is 32.2. The molecular formula is C85H76N24O18S6. The van der Waals surface area contributed by atoms with Crippen molar-refractivity contribution in [3.63, 3.8) is 0 Å². The van der Waals surface area contributed by atoms with Crippen molar-refractivity contribution in [2.75, 3.05) is 61.8 Å². The molecule has 2 fully saturated rings. The molecule has 680 valence electrons. The number of nitrogens with zero attached hydrogens (tertiary/aromatic N) is 13. The van der Waals surface area contributed by atoms with Gasteiger partial charge in [0.05, 0.1) is 132 Å². The zero-order valence-corrected chi connectivity index (χ0v) is 74.5. The minimum atomic E-state index is -5.19. The zero-order chi connectivity index (χ0) is 93.1. The van der Waals surface area contributed by atoms with Gasteiger partial charge in [-0.2, -0.15) is 52.0 Å². The van der Waals surface area contributed by atoms with Crippen molar-refractivity contribution in [1.29, 1.82) is 5.26 Å². The summed E-state index contributed by atoms with van der Waals surface area (Å²) in [6, 6.07) is 37.9. The largest absolute Gasteiger partial charge is 0.368 e. The van der Waals surface area contributed by atoms with Gasteiger partial charge in [0, 0.05) is 57.9 Å². The first-order chi connectivity index (χ1) is 63.9. The Morgan fingerprint density at radius 3 is 1.47 bits per heavy atom. The number of ketones is 2. The quantitative estimate of drug-likeness (QED) is 0.00496. The van der Waals surface area contributed by atoms with Gasteiger partial charge in [-0.15, -0.1) is 8.67 Å². The fourth-order valence-electron chi connectivity index (χ4n) is 17.9. The maximum Gasteiger partial charge on any atom is 0.296 e. The zero-order valence-electron chi connectivity index (χ0n) is 69.6. The minimum Gasteiger partial charge on any atom is -0.368 e. The van der Waals surface area contributed by atoms with Crippen LogP contribution in [-0.4, -0.2) is 155 Å². The molecule has 0 saturated heterocycles. The lowest BCUT2D eigenvalue weighted by Crippen LogP contribution is -2.37. The Kier molecular flexibility index (Phi) is 24.5. The van der Waals surface area contributed by atoms with Crippen molar-refractivity contribution in [1.82, 2.24) is 49.3 Å². The first kappa shape index (κ1) is 89.7. The predicted octanol–water partition coefficient (Wildman–Crippen LogP) is 14.1. The predicted molar refractivity (Wildman–Crippen MR) is 496 cm³/mol. The summed E-state index contributed by atoms with van der Waals surface area (Å²) in [6.07, 6.45) is 7.12. The second-order valence-electron chi connectivity index (χ2n) is 31.9. The average Bonchev–Trinajstić information content (AvgIpc) is 0.711. The molecule has 2 aliphatic heterocycles. The number of benzene rings is 8. The van der Waals surface area contributed by atoms with Gasteiger partial charge in [-0.1, -0.05) is 96.7 Å². The van der Waals surface area contributed by atoms with Gasteiger partial charge in [0.2, 0.25) is 35.7 Å². The monoisotopic (exact) mass is 1910 g/mol. The first-order valence-corrected chi connectivity index (χ1v) is 48.3. The fraction of sp³-hybridized carbons (Fsp3) is 0.212. The van der Waals surface area contributed by atoms with E-state index in [1.54, 1.807) is 84.9 Å². The summed E-state index contributed by atoms with van der Waals surface area (Å²) in [6.45, 7) is 7.92. The molecule has 6 aliphatic rings. The van der Waals surface area contributed by atoms with E-state index < -0.39 is 61.6 Å². The molecule has 17 N–H and O–H groups in total. The number of hydrogen-bond donors (Lipinski definition) is 15. The number of nitrogens with two attached hydrogens (primary N) is 2. The Hall–Kier alpha value is -13.9. The van der Waals surface area contributed by atoms with E-state index in [1.807, 2.05) is 0 Å². The molecule has 2 saturated carbocycles. The van der Waals surface area contributed by atoms with E-state index in [1.165, 1.54) is 54.7 Å². The summed E-state index contributed by atoms with van der Waals surface area (Å²) in [5.41, 5.74) is 14.9. The molecule has 18 rings (SSSR count). The molecule has 4 aromatic heterocycles. The maximum absolute atomic E-state index is 15.2. The third-order valence-corrected chi connectivity index (χ3v) is 29.4. The Bertz CT molecular complexity index is 7530. The van der Waals surface area contributed by atoms with Gasteiger partial charge in [-0.25, -0.2) is 52.3 Å². The maximum atomic E-state index is 15.2. The van der Waals surface area contributed by atoms with E-state index in [4.69, 9.17) is 40.1 Å². The standard InChI is InChI=1S/C85H76N24O18S6/c1-40-33-42(21-23-48(40)98-82-102-80(87)104-84(106-82)100-57-37-58(64(132(118,119)120)39-61(57)129-127-125-113)93-55-28-26-53-69-67(45-14-5-7-16-47(45)75(111)71(55)69)73(77(97-53)91-32-31-89-3)79-95-51-18-9-11-20-63(51)131(116,117)109-79)35-43-22-24-49(41(2)34-43)99-83-103-81(88)105-85(107-83)101-59-36-56(60(128-126-124-112)38-65(59)133(121,122)123)92-54-27-25-52-68-66(44-13-4-6-15-46(44)74(110)70(54)68)72(76(96-52)90-30-12-29-86)78-94-50-17-8-10-19-62(50)130(114,115)108-78/h4-11,13-20,25-28,32,36-43,48-49,92-93,112-113H,3,12,21-24,30-31,33-35H2,1-2H3,(H,90,96)(H,94,108)(H,95,109)(H,118,119,120)(H,121,122,123)(H4,87,98,100,102,104,106)(H4,88,99,101,103,105,107). The van der Waals surface area contributed by atoms with Crippen LogP contribution in [0.4, 0.5) is 92.8 Å². The number of carbonyl (C=O) groups excluding carboxylic acids is 2. The van der Waals surface area contributed by atoms with E-state index in [-0.39, 0.29) is 223 Å². The highest BCUT2D eigenvalue weighted by Crippen LogP contribution is 2.52. The molecule has 0 radical (unpaired) electrons. The molecule has 4 aliphatic carbocycles. The highest BCUT2D eigenvalue weighted by Gasteiger charge is 2.41. The lowest BCUT2D eigenvalue weighted by atomic mass is 9.70. The van der Waals surface area contributed by atoms with Gasteiger partial charge in [0.25, 0.3) is 40.3 Å². The van der Waals surface area contributed by atoms with Crippen LogP contribution in [0.2, 0.25) is 0 Å². The number of anilines is 13. The van der Waals surface area contributed by atoms with E-state index in [9.17, 15) is 58.6 Å². The van der Waals surface area contributed by atoms with Crippen LogP contribution in [0.15, 0.2) is 195 Å². The molecule has 42 nitrogen and oxygen atoms in total. The van der Waals surface area contributed by atoms with E-state index in [0.717, 1.165) is 44.2 Å². The van der Waals surface area contributed by atoms with Crippen LogP contribution in [0.25, 0.3) is 44.1 Å². The second-order valence-corrected chi connectivity index (χ2v) is 39.4. The summed E-state index contributed by atoms with van der Waals surface area (Å²) < 4.78 is 147. The van der Waals surface area contributed by atoms with Crippen molar-refractivity contribution < 1.29 is 81.6 Å². The van der Waals surface area contributed by atoms with E-state index in [0.29, 0.717) is 71.0 Å². The summed E-state index contributed by atoms with van der Waals surface area (Å²) >= 11 is 0.657. The normalized spacial score (nSPS) is 18.5. The Labute approximate surface area is 765 Å². The number of carbonyl (C=O) groups is 2. The molecule has 6 atom stereocenters. The van der Waals surface area contributed by atoms with E-state index >= 15 is 9.59 Å². The average molecular weight is 1910 g/mol. The number of fused-ring (bicyclic) bond motifs is 6. The minimum absolute atomic E-state index is 0.00175. The van der Waals surface area contributed by atoms with Crippen molar-refractivity contribution >= 4 is 215 Å². The Morgan fingerprint density at radius 1 is 0.541 bits per heavy atom. The second kappa shape index (κ2) is 36.3. The summed E-state index contributed by atoms with van der Waals surface area (Å²) in [7, 11) is -18.8. The van der Waals surface area contributed by atoms with Crippen LogP contribution < -0.4 is 58.1 Å². The van der Waals surface area contributed by atoms with Crippen LogP contribution >= 0.6 is 24.1 Å². The van der Waals surface area contributed by atoms with Crippen molar-refractivity contribution in [3.8, 4) is 28.3 Å². The number of hydrogen-bond acceptors (Lipinski definition) is 40. The van der Waals surface area contributed by atoms with Crippen LogP contribution in [0.5, 0.6) is 0 Å². The molecule has 48 heteroatoms. The molecule has 0 spiro atoms. The van der Waals surface area contributed by atoms with Crippen LogP contribution in [0.1, 0.15) is 108 Å². The third-order valence-electron chi connectivity index (χ3n) is 23.5. The molecule has 0 bridgehead atoms. The van der Waals surface area contributed by atoms with Gasteiger partial charge >= 0.3 is 0 Å². The van der Waals surface area contributed by atoms with Crippen LogP contribution in [-0.2, 0) is 59.0 Å². The van der Waals surface area contributed by atoms with Gasteiger partial charge in [-0.05, 0) is 159 Å². The highest BCUT2D eigenvalue weighted by molar-refractivity contribution is 7.95. The number of para-hydroxylation sites is 2. The third kappa shape index (κ3) is 17.9. The SMILES string of the molecule is C=NCC=Nc1nc2ccc(Nc3cc(Nc4nc(N)nc(NC5CCC(CC6CCC(Nc7nc(N)nc(Nc8cc(Nc9ccc%10nc(NCCC#N)c(C%11=Nc%12ccccc%12S(=O)(=O)N%11)c%11c%10c9C(=O)c9ccccc9-%11)c(SOOO)cc8S(=O)(=O)O)n7)C(C)C6)CC5C)n4)c(SOOO)cc3S(=O)(=O)O)c3c2c(c1C1=Nc2ccccc2S(=O)(=O)N1)-c1ccccc1C3=O. The number of aliphatic imine (C=N–C) groups is 4. The molecule has 0 amide bonds. The molecule has 8 aromatic carbocycles. The number of nitrogen functional groups attached to an aromatic ring is 2. The van der Waals surface area contributed by atoms with Crippen molar-refractivity contribution in [2.45, 2.75) is 107 Å². The number of aromatic nitrogens is 8. The number of sulfonamides is 2. The van der Waals surface area contributed by atoms with Gasteiger partial charge < -0.3 is 48.7 Å². The van der Waals surface area contributed by atoms with E-state index in [2.05, 4.69) is 123 Å². The number of pyridine rings is 2. The van der Waals surface area contributed by atoms with Crippen LogP contribution in [0, 0.1) is 35.0 Å². The first-order valence-electron chi connectivity index (χ1n) is 40.9.